The average molecular weight is 959 g/mol. The van der Waals surface area contributed by atoms with Crippen LogP contribution in [-0.4, -0.2) is 47.4 Å². The number of carbonyl (C=O) groups is 2. The number of esters is 1. The van der Waals surface area contributed by atoms with Crippen LogP contribution in [0.2, 0.25) is 0 Å². The molecule has 402 valence electrons. The second-order valence-electron chi connectivity index (χ2n) is 21.0. The van der Waals surface area contributed by atoms with Crippen molar-refractivity contribution in [3.05, 3.63) is 24.3 Å². The fourth-order valence-corrected chi connectivity index (χ4v) is 9.51. The molecule has 0 aromatic rings. The Labute approximate surface area is 424 Å². The summed E-state index contributed by atoms with van der Waals surface area (Å²) in [4.78, 5) is 24.6. The SMILES string of the molecule is CCCCCCCCCCCCCCCCCCCC/C=C/C(O)C(CO)NC(=O)CCCCCCCCC/C=C\CCCCCCOC(=O)CCCCCCCCCCCCCCCCCC. The Morgan fingerprint density at radius 3 is 1.04 bits per heavy atom. The Bertz CT molecular complexity index is 1060. The van der Waals surface area contributed by atoms with Crippen LogP contribution in [0.4, 0.5) is 0 Å². The highest BCUT2D eigenvalue weighted by molar-refractivity contribution is 5.76. The molecule has 2 unspecified atom stereocenters. The van der Waals surface area contributed by atoms with Gasteiger partial charge in [0.1, 0.15) is 0 Å². The molecule has 0 aliphatic carbocycles. The molecule has 2 atom stereocenters. The quantitative estimate of drug-likeness (QED) is 0.0321. The van der Waals surface area contributed by atoms with Gasteiger partial charge in [0.25, 0.3) is 0 Å². The first-order valence-electron chi connectivity index (χ1n) is 30.6. The lowest BCUT2D eigenvalue weighted by atomic mass is 10.0. The summed E-state index contributed by atoms with van der Waals surface area (Å²) in [7, 11) is 0. The van der Waals surface area contributed by atoms with Crippen LogP contribution >= 0.6 is 0 Å². The third kappa shape index (κ3) is 53.7. The topological polar surface area (TPSA) is 95.9 Å². The molecule has 0 rings (SSSR count). The summed E-state index contributed by atoms with van der Waals surface area (Å²) < 4.78 is 5.47. The van der Waals surface area contributed by atoms with Crippen LogP contribution in [0.25, 0.3) is 0 Å². The lowest BCUT2D eigenvalue weighted by Gasteiger charge is -2.20. The molecule has 3 N–H and O–H groups in total. The predicted molar refractivity (Wildman–Crippen MR) is 296 cm³/mol. The maximum Gasteiger partial charge on any atom is 0.305 e. The number of aliphatic hydroxyl groups is 2. The molecule has 0 bridgehead atoms. The minimum atomic E-state index is -0.855. The molecule has 0 fully saturated rings. The molecule has 68 heavy (non-hydrogen) atoms. The van der Waals surface area contributed by atoms with Crippen molar-refractivity contribution in [2.45, 2.75) is 347 Å². The van der Waals surface area contributed by atoms with E-state index in [0.29, 0.717) is 19.4 Å². The van der Waals surface area contributed by atoms with Crippen LogP contribution in [-0.2, 0) is 14.3 Å². The minimum absolute atomic E-state index is 0.00722. The molecule has 0 saturated carbocycles. The molecule has 0 heterocycles. The van der Waals surface area contributed by atoms with E-state index in [1.807, 2.05) is 6.08 Å². The van der Waals surface area contributed by atoms with Crippen molar-refractivity contribution in [3.8, 4) is 0 Å². The van der Waals surface area contributed by atoms with E-state index >= 15 is 0 Å². The fraction of sp³-hybridized carbons (Fsp3) is 0.903. The molecule has 1 amide bonds. The molecular weight excluding hydrogens is 839 g/mol. The summed E-state index contributed by atoms with van der Waals surface area (Å²) in [5, 5.41) is 23.2. The minimum Gasteiger partial charge on any atom is -0.466 e. The Balaban J connectivity index is 3.49. The van der Waals surface area contributed by atoms with E-state index in [9.17, 15) is 19.8 Å². The molecule has 0 saturated heterocycles. The van der Waals surface area contributed by atoms with Crippen LogP contribution in [0.15, 0.2) is 24.3 Å². The first-order valence-corrected chi connectivity index (χ1v) is 30.6. The number of carbonyl (C=O) groups excluding carboxylic acids is 2. The summed E-state index contributed by atoms with van der Waals surface area (Å²) >= 11 is 0. The van der Waals surface area contributed by atoms with Crippen molar-refractivity contribution in [1.29, 1.82) is 0 Å². The molecule has 0 aromatic carbocycles. The molecule has 0 aliphatic heterocycles. The van der Waals surface area contributed by atoms with Gasteiger partial charge < -0.3 is 20.3 Å². The molecule has 6 heteroatoms. The van der Waals surface area contributed by atoms with Crippen molar-refractivity contribution in [1.82, 2.24) is 5.32 Å². The normalized spacial score (nSPS) is 12.7. The zero-order chi connectivity index (χ0) is 49.3. The van der Waals surface area contributed by atoms with E-state index in [4.69, 9.17) is 4.74 Å². The lowest BCUT2D eigenvalue weighted by molar-refractivity contribution is -0.143. The summed E-state index contributed by atoms with van der Waals surface area (Å²) in [6, 6.07) is -0.640. The molecule has 0 radical (unpaired) electrons. The standard InChI is InChI=1S/C62H119NO5/c1-3-5-7-9-11-13-15-17-19-21-22-23-24-26-30-34-38-42-46-50-54-60(65)59(58-64)63-61(66)55-51-47-43-39-35-31-27-25-29-33-37-41-45-49-53-57-68-62(67)56-52-48-44-40-36-32-28-20-18-16-14-12-10-8-6-4-2/h29,33,50,54,59-60,64-65H,3-28,30-32,34-49,51-53,55-58H2,1-2H3,(H,63,66)/b33-29-,54-50+. The Kier molecular flexibility index (Phi) is 56.5. The highest BCUT2D eigenvalue weighted by Crippen LogP contribution is 2.17. The zero-order valence-corrected chi connectivity index (χ0v) is 45.9. The average Bonchev–Trinajstić information content (AvgIpc) is 3.34. The van der Waals surface area contributed by atoms with E-state index < -0.39 is 12.1 Å². The van der Waals surface area contributed by atoms with Crippen molar-refractivity contribution in [3.63, 3.8) is 0 Å². The number of hydrogen-bond donors (Lipinski definition) is 3. The van der Waals surface area contributed by atoms with Gasteiger partial charge in [-0.3, -0.25) is 9.59 Å². The molecular formula is C62H119NO5. The maximum atomic E-state index is 12.5. The van der Waals surface area contributed by atoms with Crippen LogP contribution in [0.5, 0.6) is 0 Å². The number of hydrogen-bond acceptors (Lipinski definition) is 5. The first kappa shape index (κ1) is 66.3. The molecule has 6 nitrogen and oxygen atoms in total. The summed E-state index contributed by atoms with van der Waals surface area (Å²) in [5.74, 6) is -0.0875. The smallest absolute Gasteiger partial charge is 0.305 e. The number of ether oxygens (including phenoxy) is 1. The van der Waals surface area contributed by atoms with E-state index in [2.05, 4.69) is 31.3 Å². The number of allylic oxidation sites excluding steroid dienone is 3. The van der Waals surface area contributed by atoms with Gasteiger partial charge in [-0.25, -0.2) is 0 Å². The van der Waals surface area contributed by atoms with E-state index in [1.54, 1.807) is 6.08 Å². The Morgan fingerprint density at radius 2 is 0.691 bits per heavy atom. The number of nitrogens with one attached hydrogen (secondary N) is 1. The molecule has 0 aromatic heterocycles. The number of unbranched alkanes of at least 4 members (excludes halogenated alkanes) is 44. The maximum absolute atomic E-state index is 12.5. The number of rotatable bonds is 57. The van der Waals surface area contributed by atoms with Gasteiger partial charge in [-0.05, 0) is 57.8 Å². The highest BCUT2D eigenvalue weighted by atomic mass is 16.5. The van der Waals surface area contributed by atoms with Gasteiger partial charge in [0.15, 0.2) is 0 Å². The van der Waals surface area contributed by atoms with Crippen molar-refractivity contribution < 1.29 is 24.5 Å². The largest absolute Gasteiger partial charge is 0.466 e. The second kappa shape index (κ2) is 57.9. The molecule has 0 aliphatic rings. The third-order valence-electron chi connectivity index (χ3n) is 14.2. The summed E-state index contributed by atoms with van der Waals surface area (Å²) in [6.45, 7) is 4.90. The summed E-state index contributed by atoms with van der Waals surface area (Å²) in [5.41, 5.74) is 0. The van der Waals surface area contributed by atoms with E-state index in [-0.39, 0.29) is 18.5 Å². The van der Waals surface area contributed by atoms with Gasteiger partial charge in [0.05, 0.1) is 25.4 Å². The second-order valence-corrected chi connectivity index (χ2v) is 21.0. The van der Waals surface area contributed by atoms with Gasteiger partial charge in [-0.2, -0.15) is 0 Å². The van der Waals surface area contributed by atoms with Crippen molar-refractivity contribution in [2.75, 3.05) is 13.2 Å². The zero-order valence-electron chi connectivity index (χ0n) is 45.9. The van der Waals surface area contributed by atoms with Crippen molar-refractivity contribution >= 4 is 11.9 Å². The van der Waals surface area contributed by atoms with Crippen LogP contribution in [0.1, 0.15) is 335 Å². The van der Waals surface area contributed by atoms with Crippen LogP contribution < -0.4 is 5.32 Å². The number of amides is 1. The van der Waals surface area contributed by atoms with Crippen molar-refractivity contribution in [2.24, 2.45) is 0 Å². The lowest BCUT2D eigenvalue weighted by Crippen LogP contribution is -2.45. The Morgan fingerprint density at radius 1 is 0.397 bits per heavy atom. The Hall–Kier alpha value is -1.66. The third-order valence-corrected chi connectivity index (χ3v) is 14.2. The summed E-state index contributed by atoms with van der Waals surface area (Å²) in [6.07, 6.45) is 70.6. The highest BCUT2D eigenvalue weighted by Gasteiger charge is 2.18. The fourth-order valence-electron chi connectivity index (χ4n) is 9.51. The number of aliphatic hydroxyl groups excluding tert-OH is 2. The van der Waals surface area contributed by atoms with Crippen LogP contribution in [0, 0.1) is 0 Å². The van der Waals surface area contributed by atoms with E-state index in [0.717, 1.165) is 70.6 Å². The monoisotopic (exact) mass is 958 g/mol. The van der Waals surface area contributed by atoms with Gasteiger partial charge in [-0.1, -0.05) is 289 Å². The molecule has 0 spiro atoms. The predicted octanol–water partition coefficient (Wildman–Crippen LogP) is 19.0. The van der Waals surface area contributed by atoms with E-state index in [1.165, 1.54) is 238 Å². The van der Waals surface area contributed by atoms with Gasteiger partial charge in [-0.15, -0.1) is 0 Å². The van der Waals surface area contributed by atoms with Gasteiger partial charge in [0.2, 0.25) is 5.91 Å². The van der Waals surface area contributed by atoms with Crippen LogP contribution in [0.3, 0.4) is 0 Å². The first-order chi connectivity index (χ1) is 33.5. The van der Waals surface area contributed by atoms with Gasteiger partial charge >= 0.3 is 5.97 Å². The van der Waals surface area contributed by atoms with Gasteiger partial charge in [0, 0.05) is 12.8 Å².